The molecule has 19 aromatic rings. The Morgan fingerprint density at radius 3 is 0.746 bits per heavy atom. The number of nitrogens with zero attached hydrogens (tertiary/aromatic N) is 4. The van der Waals surface area contributed by atoms with Crippen molar-refractivity contribution in [2.45, 2.75) is 186 Å². The first-order valence-corrected chi connectivity index (χ1v) is 49.6. The third kappa shape index (κ3) is 17.1. The lowest BCUT2D eigenvalue weighted by Gasteiger charge is -2.46. The summed E-state index contributed by atoms with van der Waals surface area (Å²) in [5.41, 5.74) is 35.8. The molecule has 684 valence electrons. The van der Waals surface area contributed by atoms with E-state index in [4.69, 9.17) is 0 Å². The van der Waals surface area contributed by atoms with Crippen LogP contribution in [-0.4, -0.2) is 15.8 Å². The van der Waals surface area contributed by atoms with Crippen molar-refractivity contribution in [2.75, 3.05) is 9.80 Å². The summed E-state index contributed by atoms with van der Waals surface area (Å²) in [5.74, 6) is 0. The molecule has 0 radical (unpaired) electrons. The van der Waals surface area contributed by atoms with Crippen molar-refractivity contribution in [1.29, 1.82) is 0 Å². The van der Waals surface area contributed by atoms with Crippen molar-refractivity contribution in [3.05, 3.63) is 403 Å². The minimum absolute atomic E-state index is 0.279. The second kappa shape index (κ2) is 34.0. The van der Waals surface area contributed by atoms with Crippen LogP contribution in [-0.2, 0) is 40.8 Å². The van der Waals surface area contributed by atoms with E-state index in [2.05, 4.69) is 487 Å². The fourth-order valence-electron chi connectivity index (χ4n) is 21.6. The molecular weight excluding hydrogens is 1660 g/mol. The zero-order valence-electron chi connectivity index (χ0n) is 88.2. The highest BCUT2D eigenvalue weighted by atomic mass is 15.2. The molecule has 2 aromatic heterocycles. The highest BCUT2D eigenvalue weighted by Gasteiger charge is 2.47. The molecule has 0 N–H and O–H groups in total. The fraction of sp³-hybridized carbons (Fsp3) is 0.233. The van der Waals surface area contributed by atoms with E-state index in [1.807, 2.05) is 41.5 Å². The van der Waals surface area contributed by atoms with Gasteiger partial charge in [-0.1, -0.05) is 400 Å². The van der Waals surface area contributed by atoms with Crippen LogP contribution in [0.4, 0.5) is 34.1 Å². The van der Waals surface area contributed by atoms with Crippen LogP contribution < -0.4 is 26.2 Å². The summed E-state index contributed by atoms with van der Waals surface area (Å²) in [5, 5.41) is 4.56. The van der Waals surface area contributed by atoms with E-state index >= 15 is 0 Å². The molecule has 0 saturated carbocycles. The Bertz CT molecular complexity index is 7390. The summed E-state index contributed by atoms with van der Waals surface area (Å²) in [6, 6.07) is 137. The predicted molar refractivity (Wildman–Crippen MR) is 597 cm³/mol. The Kier molecular flexibility index (Phi) is 21.1. The lowest BCUT2D eigenvalue weighted by atomic mass is 9.33. The maximum atomic E-state index is 10.8. The van der Waals surface area contributed by atoms with Crippen molar-refractivity contribution < 1.29 is 5.48 Å². The molecule has 0 saturated heterocycles. The Balaban J connectivity index is 0.971. The maximum absolute atomic E-state index is 10.8. The number of hydrogen-bond donors (Lipinski definition) is 0. The lowest BCUT2D eigenvalue weighted by molar-refractivity contribution is 0.411. The summed E-state index contributed by atoms with van der Waals surface area (Å²) in [6.45, 7) is 46.5. The molecule has 138 heavy (non-hydrogen) atoms. The van der Waals surface area contributed by atoms with Crippen molar-refractivity contribution in [3.63, 3.8) is 0 Å². The van der Waals surface area contributed by atoms with E-state index in [1.54, 1.807) is 0 Å². The molecule has 0 amide bonds. The average Bonchev–Trinajstić information content (AvgIpc) is 0.875. The minimum Gasteiger partial charge on any atom is -0.310 e. The molecule has 17 aromatic carbocycles. The number of fused-ring (bicyclic) bond motifs is 10. The standard InChI is InChI=1S/C133H129BN4/c1-127(2,3)82-85-66-106(96-46-34-50-100(72-96)130(10,11)12)125(107(67-85)97-47-35-51-101(73-97)131(13,14)15)137-120-80-104(135-116-62-54-92(88-38-26-22-27-39-88)76-110(116)111-77-93(55-63-117(111)135)89-40-28-23-29-41-89)58-60-114(120)134-115-61-59-105(136-118-64-56-94(90-42-30-24-31-43-90)78-112(118)113-79-95(57-65-119(113)136)91-44-32-25-33-45-91)81-121(115)138(123-71-87(84-129(7,8)9)70-122(137)124(123)134)126-108(98-48-36-52-102(74-98)132(16,17)18)68-86(83-128(4,5)6)69-109(126)99-49-37-53-103(75-99)133(19,20)21/h22-81H,82-84H2,1-21H3/i82D2,83D2. The van der Waals surface area contributed by atoms with Gasteiger partial charge in [0.25, 0.3) is 6.71 Å². The predicted octanol–water partition coefficient (Wildman–Crippen LogP) is 35.3. The second-order valence-electron chi connectivity index (χ2n) is 46.4. The van der Waals surface area contributed by atoms with Gasteiger partial charge in [0.05, 0.1) is 33.4 Å². The first kappa shape index (κ1) is 85.7. The van der Waals surface area contributed by atoms with E-state index < -0.39 is 30.3 Å². The van der Waals surface area contributed by atoms with Crippen LogP contribution in [0.3, 0.4) is 0 Å². The Hall–Kier alpha value is -14.0. The van der Waals surface area contributed by atoms with Crippen LogP contribution in [0.5, 0.6) is 0 Å². The van der Waals surface area contributed by atoms with Crippen LogP contribution in [0, 0.1) is 16.2 Å². The largest absolute Gasteiger partial charge is 0.310 e. The second-order valence-corrected chi connectivity index (χ2v) is 46.4. The van der Waals surface area contributed by atoms with E-state index in [1.165, 1.54) is 0 Å². The van der Waals surface area contributed by atoms with Crippen molar-refractivity contribution in [3.8, 4) is 100 Å². The highest BCUT2D eigenvalue weighted by molar-refractivity contribution is 7.00. The van der Waals surface area contributed by atoms with Crippen LogP contribution in [0.2, 0.25) is 0 Å². The minimum atomic E-state index is -1.87. The average molecular weight is 1800 g/mol. The van der Waals surface area contributed by atoms with Crippen molar-refractivity contribution >= 4 is 101 Å². The Labute approximate surface area is 825 Å². The van der Waals surface area contributed by atoms with E-state index in [-0.39, 0.29) is 27.1 Å². The highest BCUT2D eigenvalue weighted by Crippen LogP contribution is 2.57. The molecule has 21 rings (SSSR count). The van der Waals surface area contributed by atoms with Gasteiger partial charge in [0.1, 0.15) is 0 Å². The third-order valence-electron chi connectivity index (χ3n) is 28.2. The molecule has 4 heterocycles. The van der Waals surface area contributed by atoms with Gasteiger partial charge in [0, 0.05) is 83.4 Å². The van der Waals surface area contributed by atoms with Crippen LogP contribution in [0.1, 0.15) is 190 Å². The molecular formula is C133H129BN4. The van der Waals surface area contributed by atoms with Crippen LogP contribution in [0.25, 0.3) is 144 Å². The molecule has 0 spiro atoms. The number of hydrogen-bond acceptors (Lipinski definition) is 2. The smallest absolute Gasteiger partial charge is 0.252 e. The molecule has 0 atom stereocenters. The summed E-state index contributed by atoms with van der Waals surface area (Å²) in [4.78, 5) is 5.35. The van der Waals surface area contributed by atoms with Gasteiger partial charge in [0.15, 0.2) is 0 Å². The van der Waals surface area contributed by atoms with Gasteiger partial charge < -0.3 is 18.9 Å². The molecule has 0 aliphatic carbocycles. The van der Waals surface area contributed by atoms with Crippen LogP contribution >= 0.6 is 0 Å². The molecule has 2 aliphatic heterocycles. The Morgan fingerprint density at radius 1 is 0.225 bits per heavy atom. The number of aromatic nitrogens is 2. The SMILES string of the molecule is [2H]C([2H])(c1cc(-c2cccc(C(C)(C)C)c2)c(N2c3cc(-n4c5ccc(-c6ccccc6)cc5c5cc(-c6ccccc6)ccc54)ccc3B3c4ccc(-n5c6ccc(-c7ccccc7)cc6c6cc(-c7ccccc7)ccc65)cc4N(c4c(-c5cccc(C(C)(C)C)c5)cc(C([2H])([2H])C(C)(C)C)cc4-c4cccc(C(C)(C)C)c4)c4cc(CC(C)(C)C)cc2c43)c(-c2cccc(C(C)(C)C)c2)c1)C(C)(C)C. The fourth-order valence-corrected chi connectivity index (χ4v) is 21.6. The van der Waals surface area contributed by atoms with E-state index in [0.29, 0.717) is 17.5 Å². The lowest BCUT2D eigenvalue weighted by Crippen LogP contribution is -2.61. The van der Waals surface area contributed by atoms with Crippen molar-refractivity contribution in [1.82, 2.24) is 9.13 Å². The molecule has 0 bridgehead atoms. The normalized spacial score (nSPS) is 13.8. The van der Waals surface area contributed by atoms with Gasteiger partial charge in [-0.15, -0.1) is 0 Å². The van der Waals surface area contributed by atoms with Crippen LogP contribution in [0.15, 0.2) is 364 Å². The molecule has 0 fully saturated rings. The zero-order chi connectivity index (χ0) is 99.8. The van der Waals surface area contributed by atoms with Gasteiger partial charge in [0.2, 0.25) is 0 Å². The van der Waals surface area contributed by atoms with Gasteiger partial charge in [-0.25, -0.2) is 0 Å². The number of benzene rings is 17. The van der Waals surface area contributed by atoms with Crippen molar-refractivity contribution in [2.24, 2.45) is 16.2 Å². The number of rotatable bonds is 15. The first-order chi connectivity index (χ1) is 67.3. The van der Waals surface area contributed by atoms with Gasteiger partial charge in [-0.3, -0.25) is 0 Å². The van der Waals surface area contributed by atoms with Gasteiger partial charge in [-0.2, -0.15) is 0 Å². The molecule has 5 heteroatoms. The first-order valence-electron chi connectivity index (χ1n) is 51.6. The monoisotopic (exact) mass is 1800 g/mol. The molecule has 2 aliphatic rings. The van der Waals surface area contributed by atoms with Gasteiger partial charge >= 0.3 is 0 Å². The molecule has 4 nitrogen and oxygen atoms in total. The van der Waals surface area contributed by atoms with E-state index in [0.717, 1.165) is 222 Å². The van der Waals surface area contributed by atoms with E-state index in [9.17, 15) is 5.48 Å². The summed E-state index contributed by atoms with van der Waals surface area (Å²) in [7, 11) is 0. The zero-order valence-corrected chi connectivity index (χ0v) is 84.2. The van der Waals surface area contributed by atoms with Gasteiger partial charge in [-0.05, 0) is 288 Å². The topological polar surface area (TPSA) is 16.3 Å². The number of anilines is 6. The third-order valence-corrected chi connectivity index (χ3v) is 28.2. The quantitative estimate of drug-likeness (QED) is 0.0951. The molecule has 0 unspecified atom stereocenters. The maximum Gasteiger partial charge on any atom is 0.252 e. The summed E-state index contributed by atoms with van der Waals surface area (Å²) in [6.07, 6.45) is -3.06. The summed E-state index contributed by atoms with van der Waals surface area (Å²) < 4.78 is 48.1. The summed E-state index contributed by atoms with van der Waals surface area (Å²) >= 11 is 0. The Morgan fingerprint density at radius 2 is 0.493 bits per heavy atom.